The molecular weight excluding hydrogens is 262 g/mol. The highest BCUT2D eigenvalue weighted by molar-refractivity contribution is 7.80. The van der Waals surface area contributed by atoms with Crippen LogP contribution in [0.15, 0.2) is 17.1 Å². The Kier molecular flexibility index (Phi) is 4.49. The van der Waals surface area contributed by atoms with E-state index in [1.807, 2.05) is 0 Å². The molecule has 0 amide bonds. The second-order valence-corrected chi connectivity index (χ2v) is 5.31. The Morgan fingerprint density at radius 2 is 2.11 bits per heavy atom. The van der Waals surface area contributed by atoms with E-state index < -0.39 is 0 Å². The van der Waals surface area contributed by atoms with Gasteiger partial charge in [0, 0.05) is 38.7 Å². The van der Waals surface area contributed by atoms with Crippen LogP contribution in [0.4, 0.5) is 5.69 Å². The monoisotopic (exact) mass is 281 g/mol. The average molecular weight is 281 g/mol. The first-order chi connectivity index (χ1) is 9.06. The number of likely N-dealkylation sites (N-methyl/N-ethyl adjacent to an activating group) is 1. The van der Waals surface area contributed by atoms with Crippen LogP contribution in [0.2, 0.25) is 0 Å². The van der Waals surface area contributed by atoms with Gasteiger partial charge in [-0.05, 0) is 7.05 Å². The standard InChI is InChI=1S/C12H19N5OS/c1-15-4-6-16(7-5-15)10-8-12(18)17(14-9-10)3-2-11(13)19/h8-9H,2-7H2,1H3,(H2,13,19). The Labute approximate surface area is 117 Å². The van der Waals surface area contributed by atoms with E-state index in [2.05, 4.69) is 21.9 Å². The lowest BCUT2D eigenvalue weighted by Gasteiger charge is -2.33. The molecule has 1 aromatic heterocycles. The second-order valence-electron chi connectivity index (χ2n) is 4.78. The number of aryl methyl sites for hydroxylation is 1. The third-order valence-corrected chi connectivity index (χ3v) is 3.50. The Bertz CT molecular complexity index is 507. The summed E-state index contributed by atoms with van der Waals surface area (Å²) in [6.07, 6.45) is 2.24. The van der Waals surface area contributed by atoms with Gasteiger partial charge in [0.15, 0.2) is 0 Å². The number of thiocarbonyl (C=S) groups is 1. The number of nitrogens with two attached hydrogens (primary N) is 1. The summed E-state index contributed by atoms with van der Waals surface area (Å²) < 4.78 is 1.40. The summed E-state index contributed by atoms with van der Waals surface area (Å²) in [7, 11) is 2.10. The van der Waals surface area contributed by atoms with E-state index in [4.69, 9.17) is 18.0 Å². The van der Waals surface area contributed by atoms with Crippen molar-refractivity contribution in [3.8, 4) is 0 Å². The number of rotatable bonds is 4. The number of piperazine rings is 1. The van der Waals surface area contributed by atoms with Crippen molar-refractivity contribution in [2.75, 3.05) is 38.1 Å². The molecule has 0 radical (unpaired) electrons. The van der Waals surface area contributed by atoms with E-state index in [1.54, 1.807) is 12.3 Å². The van der Waals surface area contributed by atoms with E-state index in [1.165, 1.54) is 4.68 Å². The molecule has 6 nitrogen and oxygen atoms in total. The zero-order valence-electron chi connectivity index (χ0n) is 11.1. The number of hydrogen-bond acceptors (Lipinski definition) is 5. The van der Waals surface area contributed by atoms with E-state index >= 15 is 0 Å². The van der Waals surface area contributed by atoms with Crippen molar-refractivity contribution in [1.82, 2.24) is 14.7 Å². The molecule has 104 valence electrons. The lowest BCUT2D eigenvalue weighted by molar-refractivity contribution is 0.312. The Balaban J connectivity index is 2.06. The number of anilines is 1. The third kappa shape index (κ3) is 3.74. The van der Waals surface area contributed by atoms with Crippen LogP contribution < -0.4 is 16.2 Å². The molecule has 0 spiro atoms. The van der Waals surface area contributed by atoms with Crippen molar-refractivity contribution in [2.45, 2.75) is 13.0 Å². The quantitative estimate of drug-likeness (QED) is 0.762. The van der Waals surface area contributed by atoms with Crippen molar-refractivity contribution < 1.29 is 0 Å². The molecule has 1 aromatic rings. The maximum absolute atomic E-state index is 11.9. The summed E-state index contributed by atoms with van der Waals surface area (Å²) in [4.78, 5) is 16.8. The average Bonchev–Trinajstić information content (AvgIpc) is 2.38. The normalized spacial score (nSPS) is 16.6. The van der Waals surface area contributed by atoms with Crippen LogP contribution in [0.25, 0.3) is 0 Å². The van der Waals surface area contributed by atoms with E-state index in [9.17, 15) is 4.79 Å². The van der Waals surface area contributed by atoms with Gasteiger partial charge in [0.1, 0.15) is 0 Å². The van der Waals surface area contributed by atoms with Crippen molar-refractivity contribution >= 4 is 22.9 Å². The molecule has 1 fully saturated rings. The summed E-state index contributed by atoms with van der Waals surface area (Å²) in [5, 5.41) is 4.18. The van der Waals surface area contributed by atoms with Crippen LogP contribution in [-0.2, 0) is 6.54 Å². The van der Waals surface area contributed by atoms with Crippen LogP contribution in [0.3, 0.4) is 0 Å². The molecule has 0 unspecified atom stereocenters. The Morgan fingerprint density at radius 1 is 1.42 bits per heavy atom. The molecule has 0 aliphatic carbocycles. The summed E-state index contributed by atoms with van der Waals surface area (Å²) in [6, 6.07) is 1.64. The van der Waals surface area contributed by atoms with Crippen LogP contribution >= 0.6 is 12.2 Å². The lowest BCUT2D eigenvalue weighted by Crippen LogP contribution is -2.45. The van der Waals surface area contributed by atoms with Gasteiger partial charge in [0.05, 0.1) is 23.4 Å². The fourth-order valence-corrected chi connectivity index (χ4v) is 2.14. The second kappa shape index (κ2) is 6.12. The van der Waals surface area contributed by atoms with Gasteiger partial charge in [0.25, 0.3) is 5.56 Å². The van der Waals surface area contributed by atoms with Crippen molar-refractivity contribution in [2.24, 2.45) is 5.73 Å². The number of nitrogens with zero attached hydrogens (tertiary/aromatic N) is 4. The highest BCUT2D eigenvalue weighted by Gasteiger charge is 2.15. The molecule has 1 aliphatic rings. The zero-order chi connectivity index (χ0) is 13.8. The predicted molar refractivity (Wildman–Crippen MR) is 79.6 cm³/mol. The maximum Gasteiger partial charge on any atom is 0.268 e. The number of aromatic nitrogens is 2. The highest BCUT2D eigenvalue weighted by Crippen LogP contribution is 2.12. The molecule has 0 bridgehead atoms. The molecular formula is C12H19N5OS. The SMILES string of the molecule is CN1CCN(c2cnn(CCC(N)=S)c(=O)c2)CC1. The van der Waals surface area contributed by atoms with Gasteiger partial charge in [-0.3, -0.25) is 4.79 Å². The molecule has 19 heavy (non-hydrogen) atoms. The summed E-state index contributed by atoms with van der Waals surface area (Å²) >= 11 is 4.80. The Hall–Kier alpha value is -1.47. The van der Waals surface area contributed by atoms with E-state index in [-0.39, 0.29) is 5.56 Å². The first kappa shape index (κ1) is 14.0. The molecule has 2 N–H and O–H groups in total. The van der Waals surface area contributed by atoms with Gasteiger partial charge in [-0.2, -0.15) is 5.10 Å². The minimum atomic E-state index is -0.104. The largest absolute Gasteiger partial charge is 0.393 e. The summed E-state index contributed by atoms with van der Waals surface area (Å²) in [6.45, 7) is 4.30. The van der Waals surface area contributed by atoms with E-state index in [0.29, 0.717) is 18.0 Å². The molecule has 2 rings (SSSR count). The smallest absolute Gasteiger partial charge is 0.268 e. The molecule has 0 saturated carbocycles. The summed E-state index contributed by atoms with van der Waals surface area (Å²) in [5.41, 5.74) is 6.21. The topological polar surface area (TPSA) is 67.4 Å². The molecule has 2 heterocycles. The lowest BCUT2D eigenvalue weighted by atomic mass is 10.3. The predicted octanol–water partition coefficient (Wildman–Crippen LogP) is -0.329. The Morgan fingerprint density at radius 3 is 2.68 bits per heavy atom. The van der Waals surface area contributed by atoms with Crippen LogP contribution in [0.1, 0.15) is 6.42 Å². The third-order valence-electron chi connectivity index (χ3n) is 3.29. The molecule has 1 saturated heterocycles. The number of hydrogen-bond donors (Lipinski definition) is 1. The van der Waals surface area contributed by atoms with Crippen LogP contribution in [-0.4, -0.2) is 52.9 Å². The van der Waals surface area contributed by atoms with Crippen molar-refractivity contribution in [3.05, 3.63) is 22.6 Å². The van der Waals surface area contributed by atoms with Gasteiger partial charge in [-0.25, -0.2) is 4.68 Å². The molecule has 7 heteroatoms. The van der Waals surface area contributed by atoms with E-state index in [0.717, 1.165) is 31.9 Å². The zero-order valence-corrected chi connectivity index (χ0v) is 11.9. The highest BCUT2D eigenvalue weighted by atomic mass is 32.1. The minimum Gasteiger partial charge on any atom is -0.393 e. The van der Waals surface area contributed by atoms with Crippen LogP contribution in [0, 0.1) is 0 Å². The van der Waals surface area contributed by atoms with Gasteiger partial charge >= 0.3 is 0 Å². The minimum absolute atomic E-state index is 0.104. The molecule has 0 aromatic carbocycles. The van der Waals surface area contributed by atoms with Gasteiger partial charge in [0.2, 0.25) is 0 Å². The summed E-state index contributed by atoms with van der Waals surface area (Å²) in [5.74, 6) is 0. The maximum atomic E-state index is 11.9. The molecule has 0 atom stereocenters. The first-order valence-electron chi connectivity index (χ1n) is 6.35. The molecule has 1 aliphatic heterocycles. The fraction of sp³-hybridized carbons (Fsp3) is 0.583. The van der Waals surface area contributed by atoms with Crippen LogP contribution in [0.5, 0.6) is 0 Å². The first-order valence-corrected chi connectivity index (χ1v) is 6.76. The van der Waals surface area contributed by atoms with Crippen molar-refractivity contribution in [1.29, 1.82) is 0 Å². The van der Waals surface area contributed by atoms with Gasteiger partial charge in [-0.15, -0.1) is 0 Å². The fourth-order valence-electron chi connectivity index (χ4n) is 2.05. The van der Waals surface area contributed by atoms with Gasteiger partial charge in [-0.1, -0.05) is 12.2 Å². The van der Waals surface area contributed by atoms with Crippen molar-refractivity contribution in [3.63, 3.8) is 0 Å². The van der Waals surface area contributed by atoms with Gasteiger partial charge < -0.3 is 15.5 Å².